The van der Waals surface area contributed by atoms with E-state index in [1.54, 1.807) is 4.90 Å². The van der Waals surface area contributed by atoms with Crippen molar-refractivity contribution in [3.63, 3.8) is 0 Å². The van der Waals surface area contributed by atoms with Crippen molar-refractivity contribution in [3.05, 3.63) is 83.6 Å². The van der Waals surface area contributed by atoms with Gasteiger partial charge in [0.25, 0.3) is 0 Å². The van der Waals surface area contributed by atoms with Crippen LogP contribution in [0.1, 0.15) is 48.8 Å². The number of carbonyl (C=O) groups excluding carboxylic acids is 3. The summed E-state index contributed by atoms with van der Waals surface area (Å²) in [7, 11) is 0. The number of aromatic amines is 1. The summed E-state index contributed by atoms with van der Waals surface area (Å²) in [4.78, 5) is 44.5. The summed E-state index contributed by atoms with van der Waals surface area (Å²) < 4.78 is 5.56. The molecule has 2 aliphatic heterocycles. The maximum absolute atomic E-state index is 13.7. The molecule has 2 aromatic carbocycles. The number of aliphatic hydroxyl groups is 1. The van der Waals surface area contributed by atoms with Gasteiger partial charge in [-0.25, -0.2) is 0 Å². The van der Waals surface area contributed by atoms with Gasteiger partial charge in [-0.05, 0) is 54.9 Å². The molecule has 0 unspecified atom stereocenters. The second kappa shape index (κ2) is 13.0. The smallest absolute Gasteiger partial charge is 0.305 e. The number of benzene rings is 2. The number of esters is 1. The van der Waals surface area contributed by atoms with Crippen molar-refractivity contribution in [1.29, 1.82) is 0 Å². The van der Waals surface area contributed by atoms with Gasteiger partial charge in [-0.15, -0.1) is 0 Å². The molecule has 40 heavy (non-hydrogen) atoms. The molecular weight excluding hydrogens is 506 g/mol. The normalized spacial score (nSPS) is 22.4. The lowest BCUT2D eigenvalue weighted by atomic mass is 9.92. The molecule has 8 nitrogen and oxygen atoms in total. The summed E-state index contributed by atoms with van der Waals surface area (Å²) in [6.45, 7) is 0.353. The van der Waals surface area contributed by atoms with Crippen LogP contribution >= 0.6 is 0 Å². The fourth-order valence-electron chi connectivity index (χ4n) is 5.70. The zero-order valence-electron chi connectivity index (χ0n) is 22.7. The van der Waals surface area contributed by atoms with E-state index in [4.69, 9.17) is 4.74 Å². The third-order valence-electron chi connectivity index (χ3n) is 7.95. The van der Waals surface area contributed by atoms with E-state index in [1.807, 2.05) is 66.9 Å². The number of aliphatic hydroxyl groups excluding tert-OH is 1. The molecule has 0 radical (unpaired) electrons. The van der Waals surface area contributed by atoms with Crippen LogP contribution in [-0.2, 0) is 38.5 Å². The number of rotatable bonds is 5. The number of nitrogens with zero attached hydrogens (tertiary/aromatic N) is 1. The number of fused-ring (bicyclic) bond motifs is 2. The monoisotopic (exact) mass is 543 g/mol. The van der Waals surface area contributed by atoms with Crippen LogP contribution in [0.4, 0.5) is 0 Å². The molecule has 210 valence electrons. The molecule has 3 N–H and O–H groups in total. The fraction of sp³-hybridized carbons (Fsp3) is 0.406. The number of ether oxygens (including phenoxy) is 1. The standard InChI is InChI=1S/C32H37N3O5/c36-20-27-16-22-9-5-6-11-24(22)19-35(27)30(37)17-23-10-3-1-2-4-14-31(38)40-21-26(34-32(23)39)15-25-18-33-29-13-8-7-12-28(25)29/h1,3,5-9,11-13,18,23,26-27,33,36H,2,4,10,14-17,19-21H2,(H,34,39)/t23-,26+,27+/m1/s1. The van der Waals surface area contributed by atoms with Crippen molar-refractivity contribution >= 4 is 28.7 Å². The van der Waals surface area contributed by atoms with Gasteiger partial charge in [0.05, 0.1) is 24.6 Å². The number of cyclic esters (lactones) is 1. The first-order valence-electron chi connectivity index (χ1n) is 14.1. The second-order valence-electron chi connectivity index (χ2n) is 10.8. The Morgan fingerprint density at radius 3 is 2.70 bits per heavy atom. The molecule has 3 heterocycles. The predicted octanol–water partition coefficient (Wildman–Crippen LogP) is 3.82. The number of para-hydroxylation sites is 1. The summed E-state index contributed by atoms with van der Waals surface area (Å²) in [6.07, 6.45) is 9.03. The van der Waals surface area contributed by atoms with Gasteiger partial charge >= 0.3 is 5.97 Å². The highest BCUT2D eigenvalue weighted by Crippen LogP contribution is 2.26. The van der Waals surface area contributed by atoms with Crippen LogP contribution in [0.25, 0.3) is 10.9 Å². The number of allylic oxidation sites excluding steroid dienone is 2. The van der Waals surface area contributed by atoms with Crippen LogP contribution in [0.2, 0.25) is 0 Å². The van der Waals surface area contributed by atoms with Gasteiger partial charge in [0.2, 0.25) is 11.8 Å². The lowest BCUT2D eigenvalue weighted by Gasteiger charge is -2.36. The summed E-state index contributed by atoms with van der Waals surface area (Å²) in [5.74, 6) is -1.25. The Morgan fingerprint density at radius 2 is 1.85 bits per heavy atom. The largest absolute Gasteiger partial charge is 0.463 e. The van der Waals surface area contributed by atoms with Crippen molar-refractivity contribution in [2.45, 2.75) is 63.6 Å². The summed E-state index contributed by atoms with van der Waals surface area (Å²) in [5, 5.41) is 14.2. The Labute approximate surface area is 234 Å². The quantitative estimate of drug-likeness (QED) is 0.335. The first-order chi connectivity index (χ1) is 19.5. The minimum atomic E-state index is -0.581. The Kier molecular flexibility index (Phi) is 8.96. The molecule has 2 aliphatic rings. The Balaban J connectivity index is 1.34. The van der Waals surface area contributed by atoms with Crippen molar-refractivity contribution < 1.29 is 24.2 Å². The van der Waals surface area contributed by atoms with E-state index in [1.165, 1.54) is 0 Å². The number of H-pyrrole nitrogens is 1. The average Bonchev–Trinajstić information content (AvgIpc) is 3.38. The molecule has 0 saturated heterocycles. The molecule has 0 saturated carbocycles. The Morgan fingerprint density at radius 1 is 1.05 bits per heavy atom. The minimum Gasteiger partial charge on any atom is -0.463 e. The maximum Gasteiger partial charge on any atom is 0.305 e. The predicted molar refractivity (Wildman–Crippen MR) is 152 cm³/mol. The lowest BCUT2D eigenvalue weighted by Crippen LogP contribution is -2.48. The van der Waals surface area contributed by atoms with E-state index in [2.05, 4.69) is 10.3 Å². The van der Waals surface area contributed by atoms with E-state index >= 15 is 0 Å². The van der Waals surface area contributed by atoms with Crippen molar-refractivity contribution in [2.24, 2.45) is 5.92 Å². The van der Waals surface area contributed by atoms with E-state index in [9.17, 15) is 19.5 Å². The average molecular weight is 544 g/mol. The van der Waals surface area contributed by atoms with Gasteiger partial charge in [0.1, 0.15) is 6.61 Å². The topological polar surface area (TPSA) is 112 Å². The zero-order valence-corrected chi connectivity index (χ0v) is 22.7. The molecule has 0 fully saturated rings. The highest BCUT2D eigenvalue weighted by atomic mass is 16.5. The van der Waals surface area contributed by atoms with Crippen LogP contribution in [0.5, 0.6) is 0 Å². The SMILES string of the molecule is O=C1CCCC=CC[C@H](CC(=O)N2Cc3ccccc3C[C@H]2CO)C(=O)N[C@@H](Cc2c[nH]c3ccccc23)CO1. The number of aromatic nitrogens is 1. The molecule has 5 rings (SSSR count). The van der Waals surface area contributed by atoms with E-state index in [0.29, 0.717) is 45.1 Å². The minimum absolute atomic E-state index is 0.0361. The first kappa shape index (κ1) is 27.6. The van der Waals surface area contributed by atoms with Crippen LogP contribution in [0.3, 0.4) is 0 Å². The van der Waals surface area contributed by atoms with Crippen LogP contribution < -0.4 is 5.32 Å². The van der Waals surface area contributed by atoms with Crippen molar-refractivity contribution in [3.8, 4) is 0 Å². The highest BCUT2D eigenvalue weighted by molar-refractivity contribution is 5.87. The number of hydrogen-bond donors (Lipinski definition) is 3. The van der Waals surface area contributed by atoms with Gasteiger partial charge in [-0.1, -0.05) is 54.6 Å². The van der Waals surface area contributed by atoms with Crippen LogP contribution in [0, 0.1) is 5.92 Å². The fourth-order valence-corrected chi connectivity index (χ4v) is 5.70. The van der Waals surface area contributed by atoms with Gasteiger partial charge in [0, 0.05) is 36.5 Å². The molecule has 2 amide bonds. The lowest BCUT2D eigenvalue weighted by molar-refractivity contribution is -0.145. The second-order valence-corrected chi connectivity index (χ2v) is 10.8. The molecule has 0 spiro atoms. The van der Waals surface area contributed by atoms with Gasteiger partial charge in [-0.2, -0.15) is 0 Å². The maximum atomic E-state index is 13.7. The third-order valence-corrected chi connectivity index (χ3v) is 7.95. The number of hydrogen-bond acceptors (Lipinski definition) is 5. The number of carbonyl (C=O) groups is 3. The van der Waals surface area contributed by atoms with Crippen molar-refractivity contribution in [1.82, 2.24) is 15.2 Å². The molecule has 3 atom stereocenters. The summed E-state index contributed by atoms with van der Waals surface area (Å²) >= 11 is 0. The number of nitrogens with one attached hydrogen (secondary N) is 2. The molecule has 3 aromatic rings. The number of amides is 2. The molecule has 0 aliphatic carbocycles. The third kappa shape index (κ3) is 6.62. The molecule has 0 bridgehead atoms. The van der Waals surface area contributed by atoms with Crippen molar-refractivity contribution in [2.75, 3.05) is 13.2 Å². The van der Waals surface area contributed by atoms with Gasteiger partial charge in [0.15, 0.2) is 0 Å². The van der Waals surface area contributed by atoms with Gasteiger partial charge in [-0.3, -0.25) is 14.4 Å². The molecular formula is C32H37N3O5. The highest BCUT2D eigenvalue weighted by Gasteiger charge is 2.32. The Hall–Kier alpha value is -3.91. The van der Waals surface area contributed by atoms with Crippen LogP contribution in [0.15, 0.2) is 66.9 Å². The first-order valence-corrected chi connectivity index (χ1v) is 14.1. The molecule has 8 heteroatoms. The van der Waals surface area contributed by atoms with Crippen LogP contribution in [-0.4, -0.2) is 58.1 Å². The van der Waals surface area contributed by atoms with Gasteiger partial charge < -0.3 is 25.0 Å². The van der Waals surface area contributed by atoms with E-state index < -0.39 is 12.0 Å². The summed E-state index contributed by atoms with van der Waals surface area (Å²) in [6, 6.07) is 15.2. The summed E-state index contributed by atoms with van der Waals surface area (Å²) in [5.41, 5.74) is 4.23. The van der Waals surface area contributed by atoms with E-state index in [-0.39, 0.29) is 43.5 Å². The Bertz CT molecular complexity index is 1380. The zero-order chi connectivity index (χ0) is 27.9. The molecule has 1 aromatic heterocycles. The van der Waals surface area contributed by atoms with E-state index in [0.717, 1.165) is 27.6 Å².